The van der Waals surface area contributed by atoms with Crippen LogP contribution in [0.25, 0.3) is 11.0 Å². The van der Waals surface area contributed by atoms with Gasteiger partial charge in [0, 0.05) is 24.5 Å². The molecule has 4 N–H and O–H groups in total. The van der Waals surface area contributed by atoms with Crippen molar-refractivity contribution >= 4 is 11.0 Å². The Morgan fingerprint density at radius 1 is 1.32 bits per heavy atom. The molecule has 1 unspecified atom stereocenters. The van der Waals surface area contributed by atoms with Crippen molar-refractivity contribution in [2.75, 3.05) is 0 Å². The zero-order valence-corrected chi connectivity index (χ0v) is 10.5. The number of hydrogen-bond donors (Lipinski definition) is 4. The first-order chi connectivity index (χ1) is 9.22. The van der Waals surface area contributed by atoms with E-state index in [-0.39, 0.29) is 11.7 Å². The molecule has 0 fully saturated rings. The first kappa shape index (κ1) is 11.7. The molecule has 2 aromatic heterocycles. The van der Waals surface area contributed by atoms with E-state index in [9.17, 15) is 4.79 Å². The average Bonchev–Trinajstić information content (AvgIpc) is 3.02. The molecule has 1 atom stereocenters. The van der Waals surface area contributed by atoms with Gasteiger partial charge in [-0.25, -0.2) is 9.78 Å². The third-order valence-electron chi connectivity index (χ3n) is 3.19. The SMILES string of the molecule is CC(NCc1cnc[nH]1)c1ccc2[nH]c(=O)[nH]c2c1. The number of benzene rings is 1. The van der Waals surface area contributed by atoms with Crippen LogP contribution >= 0.6 is 0 Å². The van der Waals surface area contributed by atoms with Crippen LogP contribution in [0.2, 0.25) is 0 Å². The molecule has 98 valence electrons. The number of fused-ring (bicyclic) bond motifs is 1. The normalized spacial score (nSPS) is 12.9. The average molecular weight is 257 g/mol. The topological polar surface area (TPSA) is 89.4 Å². The molecule has 0 amide bonds. The highest BCUT2D eigenvalue weighted by atomic mass is 16.1. The molecule has 0 saturated carbocycles. The van der Waals surface area contributed by atoms with Gasteiger partial charge < -0.3 is 20.3 Å². The fraction of sp³-hybridized carbons (Fsp3) is 0.231. The molecule has 6 heteroatoms. The lowest BCUT2D eigenvalue weighted by Crippen LogP contribution is -2.18. The van der Waals surface area contributed by atoms with Gasteiger partial charge in [0.15, 0.2) is 0 Å². The summed E-state index contributed by atoms with van der Waals surface area (Å²) < 4.78 is 0. The Balaban J connectivity index is 1.77. The van der Waals surface area contributed by atoms with Gasteiger partial charge in [0.1, 0.15) is 0 Å². The second kappa shape index (κ2) is 4.74. The van der Waals surface area contributed by atoms with E-state index >= 15 is 0 Å². The molecule has 3 aromatic rings. The summed E-state index contributed by atoms with van der Waals surface area (Å²) >= 11 is 0. The second-order valence-electron chi connectivity index (χ2n) is 4.56. The molecule has 0 bridgehead atoms. The fourth-order valence-electron chi connectivity index (χ4n) is 2.08. The number of nitrogens with zero attached hydrogens (tertiary/aromatic N) is 1. The number of nitrogens with one attached hydrogen (secondary N) is 4. The van der Waals surface area contributed by atoms with Crippen LogP contribution in [0.15, 0.2) is 35.5 Å². The van der Waals surface area contributed by atoms with Gasteiger partial charge in [-0.2, -0.15) is 0 Å². The van der Waals surface area contributed by atoms with Gasteiger partial charge in [-0.1, -0.05) is 6.07 Å². The van der Waals surface area contributed by atoms with Crippen molar-refractivity contribution in [2.45, 2.75) is 19.5 Å². The lowest BCUT2D eigenvalue weighted by molar-refractivity contribution is 0.569. The maximum Gasteiger partial charge on any atom is 0.323 e. The van der Waals surface area contributed by atoms with E-state index in [2.05, 4.69) is 32.2 Å². The van der Waals surface area contributed by atoms with Gasteiger partial charge in [0.25, 0.3) is 0 Å². The van der Waals surface area contributed by atoms with E-state index in [4.69, 9.17) is 0 Å². The van der Waals surface area contributed by atoms with Gasteiger partial charge in [0.05, 0.1) is 17.4 Å². The highest BCUT2D eigenvalue weighted by Gasteiger charge is 2.07. The first-order valence-electron chi connectivity index (χ1n) is 6.15. The van der Waals surface area contributed by atoms with E-state index in [1.807, 2.05) is 18.2 Å². The van der Waals surface area contributed by atoms with Gasteiger partial charge in [0.2, 0.25) is 0 Å². The monoisotopic (exact) mass is 257 g/mol. The van der Waals surface area contributed by atoms with Gasteiger partial charge >= 0.3 is 5.69 Å². The number of hydrogen-bond acceptors (Lipinski definition) is 3. The molecule has 0 radical (unpaired) electrons. The summed E-state index contributed by atoms with van der Waals surface area (Å²) in [6, 6.07) is 6.09. The van der Waals surface area contributed by atoms with Crippen molar-refractivity contribution in [1.82, 2.24) is 25.3 Å². The highest BCUT2D eigenvalue weighted by molar-refractivity contribution is 5.75. The lowest BCUT2D eigenvalue weighted by Gasteiger charge is -2.13. The van der Waals surface area contributed by atoms with Crippen LogP contribution in [0.5, 0.6) is 0 Å². The molecule has 0 aliphatic rings. The quantitative estimate of drug-likeness (QED) is 0.570. The van der Waals surface area contributed by atoms with Crippen LogP contribution in [-0.4, -0.2) is 19.9 Å². The molecular formula is C13H15N5O. The van der Waals surface area contributed by atoms with Crippen LogP contribution in [0.1, 0.15) is 24.2 Å². The molecule has 3 rings (SSSR count). The number of aromatic amines is 3. The molecule has 0 saturated heterocycles. The first-order valence-corrected chi connectivity index (χ1v) is 6.15. The number of aromatic nitrogens is 4. The summed E-state index contributed by atoms with van der Waals surface area (Å²) in [7, 11) is 0. The predicted molar refractivity (Wildman–Crippen MR) is 72.8 cm³/mol. The smallest absolute Gasteiger partial charge is 0.323 e. The zero-order chi connectivity index (χ0) is 13.2. The van der Waals surface area contributed by atoms with Gasteiger partial charge in [-0.3, -0.25) is 0 Å². The Morgan fingerprint density at radius 3 is 2.95 bits per heavy atom. The predicted octanol–water partition coefficient (Wildman–Crippen LogP) is 1.43. The second-order valence-corrected chi connectivity index (χ2v) is 4.56. The van der Waals surface area contributed by atoms with Crippen LogP contribution < -0.4 is 11.0 Å². The van der Waals surface area contributed by atoms with Crippen molar-refractivity contribution < 1.29 is 0 Å². The number of imidazole rings is 2. The summed E-state index contributed by atoms with van der Waals surface area (Å²) in [6.45, 7) is 2.81. The Kier molecular flexibility index (Phi) is 2.92. The summed E-state index contributed by atoms with van der Waals surface area (Å²) in [4.78, 5) is 23.7. The van der Waals surface area contributed by atoms with Crippen LogP contribution in [0.4, 0.5) is 0 Å². The summed E-state index contributed by atoms with van der Waals surface area (Å²) in [6.07, 6.45) is 3.46. The van der Waals surface area contributed by atoms with E-state index in [0.29, 0.717) is 0 Å². The molecule has 19 heavy (non-hydrogen) atoms. The minimum absolute atomic E-state index is 0.176. The van der Waals surface area contributed by atoms with E-state index < -0.39 is 0 Å². The fourth-order valence-corrected chi connectivity index (χ4v) is 2.08. The number of H-pyrrole nitrogens is 3. The number of rotatable bonds is 4. The molecular weight excluding hydrogens is 242 g/mol. The molecule has 2 heterocycles. The molecule has 6 nitrogen and oxygen atoms in total. The van der Waals surface area contributed by atoms with Crippen molar-refractivity contribution in [2.24, 2.45) is 0 Å². The largest absolute Gasteiger partial charge is 0.347 e. The Bertz CT molecular complexity index is 725. The van der Waals surface area contributed by atoms with E-state index in [1.165, 1.54) is 0 Å². The summed E-state index contributed by atoms with van der Waals surface area (Å²) in [5.74, 6) is 0. The van der Waals surface area contributed by atoms with Crippen LogP contribution in [0, 0.1) is 0 Å². The third kappa shape index (κ3) is 2.43. The standard InChI is InChI=1S/C13H15N5O/c1-8(15-6-10-5-14-7-16-10)9-2-3-11-12(4-9)18-13(19)17-11/h2-5,7-8,15H,6H2,1H3,(H,14,16)(H2,17,18,19). The Morgan fingerprint density at radius 2 is 2.16 bits per heavy atom. The minimum atomic E-state index is -0.176. The highest BCUT2D eigenvalue weighted by Crippen LogP contribution is 2.17. The molecule has 1 aromatic carbocycles. The van der Waals surface area contributed by atoms with Crippen molar-refractivity contribution in [1.29, 1.82) is 0 Å². The van der Waals surface area contributed by atoms with Crippen LogP contribution in [0.3, 0.4) is 0 Å². The van der Waals surface area contributed by atoms with Crippen LogP contribution in [-0.2, 0) is 6.54 Å². The maximum absolute atomic E-state index is 11.2. The summed E-state index contributed by atoms with van der Waals surface area (Å²) in [5, 5.41) is 3.40. The Hall–Kier alpha value is -2.34. The molecule has 0 aliphatic carbocycles. The van der Waals surface area contributed by atoms with Crippen molar-refractivity contribution in [3.63, 3.8) is 0 Å². The van der Waals surface area contributed by atoms with E-state index in [1.54, 1.807) is 12.5 Å². The zero-order valence-electron chi connectivity index (χ0n) is 10.5. The molecule has 0 aliphatic heterocycles. The van der Waals surface area contributed by atoms with Gasteiger partial charge in [-0.05, 0) is 24.6 Å². The van der Waals surface area contributed by atoms with E-state index in [0.717, 1.165) is 28.8 Å². The Labute approximate surface area is 109 Å². The van der Waals surface area contributed by atoms with Crippen molar-refractivity contribution in [3.8, 4) is 0 Å². The summed E-state index contributed by atoms with van der Waals surface area (Å²) in [5.41, 5.74) is 3.66. The third-order valence-corrected chi connectivity index (χ3v) is 3.19. The lowest BCUT2D eigenvalue weighted by atomic mass is 10.1. The maximum atomic E-state index is 11.2. The van der Waals surface area contributed by atoms with Gasteiger partial charge in [-0.15, -0.1) is 0 Å². The minimum Gasteiger partial charge on any atom is -0.347 e. The van der Waals surface area contributed by atoms with Crippen molar-refractivity contribution in [3.05, 3.63) is 52.5 Å². The molecule has 0 spiro atoms.